The van der Waals surface area contributed by atoms with Crippen molar-refractivity contribution in [3.63, 3.8) is 0 Å². The highest BCUT2D eigenvalue weighted by atomic mass is 35.5. The highest BCUT2D eigenvalue weighted by molar-refractivity contribution is 6.42. The minimum atomic E-state index is 0. The molecule has 1 amide bonds. The zero-order valence-corrected chi connectivity index (χ0v) is 15.0. The number of rotatable bonds is 5. The molecule has 0 saturated carbocycles. The van der Waals surface area contributed by atoms with Gasteiger partial charge in [0.15, 0.2) is 0 Å². The van der Waals surface area contributed by atoms with E-state index in [-0.39, 0.29) is 18.3 Å². The van der Waals surface area contributed by atoms with E-state index >= 15 is 0 Å². The molecule has 0 bridgehead atoms. The van der Waals surface area contributed by atoms with Crippen LogP contribution in [-0.2, 0) is 11.2 Å². The number of halogens is 3. The lowest BCUT2D eigenvalue weighted by Crippen LogP contribution is -2.48. The van der Waals surface area contributed by atoms with Crippen LogP contribution in [0.1, 0.15) is 31.7 Å². The summed E-state index contributed by atoms with van der Waals surface area (Å²) in [5.41, 5.74) is 1.12. The second kappa shape index (κ2) is 9.61. The van der Waals surface area contributed by atoms with Gasteiger partial charge in [0.05, 0.1) is 10.0 Å². The summed E-state index contributed by atoms with van der Waals surface area (Å²) in [7, 11) is 0. The second-order valence-electron chi connectivity index (χ2n) is 5.75. The van der Waals surface area contributed by atoms with Crippen LogP contribution in [0.3, 0.4) is 0 Å². The van der Waals surface area contributed by atoms with Crippen LogP contribution in [0, 0.1) is 5.92 Å². The van der Waals surface area contributed by atoms with Gasteiger partial charge in [0.25, 0.3) is 0 Å². The molecular weight excluding hydrogens is 343 g/mol. The second-order valence-corrected chi connectivity index (χ2v) is 6.56. The molecule has 1 aliphatic rings. The van der Waals surface area contributed by atoms with Gasteiger partial charge in [0.2, 0.25) is 5.91 Å². The molecule has 2 atom stereocenters. The van der Waals surface area contributed by atoms with Gasteiger partial charge in [-0.25, -0.2) is 0 Å². The van der Waals surface area contributed by atoms with Crippen molar-refractivity contribution in [3.8, 4) is 0 Å². The highest BCUT2D eigenvalue weighted by Gasteiger charge is 2.22. The van der Waals surface area contributed by atoms with Crippen LogP contribution in [0.15, 0.2) is 18.2 Å². The first-order chi connectivity index (χ1) is 10.1. The fraction of sp³-hybridized carbons (Fsp3) is 0.562. The minimum absolute atomic E-state index is 0. The Labute approximate surface area is 148 Å². The lowest BCUT2D eigenvalue weighted by molar-refractivity contribution is -0.122. The van der Waals surface area contributed by atoms with E-state index in [1.165, 1.54) is 0 Å². The summed E-state index contributed by atoms with van der Waals surface area (Å²) in [6, 6.07) is 5.94. The quantitative estimate of drug-likeness (QED) is 0.832. The lowest BCUT2D eigenvalue weighted by atomic mass is 9.95. The van der Waals surface area contributed by atoms with Crippen molar-refractivity contribution in [2.45, 2.75) is 38.6 Å². The molecule has 1 saturated heterocycles. The van der Waals surface area contributed by atoms with Crippen LogP contribution >= 0.6 is 35.6 Å². The summed E-state index contributed by atoms with van der Waals surface area (Å²) in [5.74, 6) is 0.645. The largest absolute Gasteiger partial charge is 0.353 e. The first-order valence-electron chi connectivity index (χ1n) is 7.50. The highest BCUT2D eigenvalue weighted by Crippen LogP contribution is 2.23. The molecule has 1 heterocycles. The molecular formula is C16H23Cl3N2O. The van der Waals surface area contributed by atoms with Crippen LogP contribution < -0.4 is 10.6 Å². The van der Waals surface area contributed by atoms with Crippen molar-refractivity contribution in [1.82, 2.24) is 10.6 Å². The molecule has 1 aromatic rings. The zero-order chi connectivity index (χ0) is 15.2. The average molecular weight is 366 g/mol. The first-order valence-corrected chi connectivity index (χ1v) is 8.26. The van der Waals surface area contributed by atoms with Crippen LogP contribution in [-0.4, -0.2) is 25.0 Å². The predicted octanol–water partition coefficient (Wildman–Crippen LogP) is 3.85. The summed E-state index contributed by atoms with van der Waals surface area (Å²) in [6.45, 7) is 4.14. The summed E-state index contributed by atoms with van der Waals surface area (Å²) < 4.78 is 0. The fourth-order valence-electron chi connectivity index (χ4n) is 2.66. The third kappa shape index (κ3) is 5.96. The Morgan fingerprint density at radius 2 is 2.14 bits per heavy atom. The van der Waals surface area contributed by atoms with Crippen LogP contribution in [0.5, 0.6) is 0 Å². The van der Waals surface area contributed by atoms with Crippen molar-refractivity contribution in [2.75, 3.05) is 13.1 Å². The lowest BCUT2D eigenvalue weighted by Gasteiger charge is -2.30. The normalized spacial score (nSPS) is 21.0. The van der Waals surface area contributed by atoms with Crippen molar-refractivity contribution >= 4 is 41.5 Å². The Bertz CT molecular complexity index is 496. The third-order valence-corrected chi connectivity index (χ3v) is 4.72. The number of benzene rings is 1. The Kier molecular flexibility index (Phi) is 8.55. The fourth-order valence-corrected chi connectivity index (χ4v) is 2.98. The van der Waals surface area contributed by atoms with E-state index in [0.29, 0.717) is 28.4 Å². The maximum absolute atomic E-state index is 12.0. The van der Waals surface area contributed by atoms with E-state index in [9.17, 15) is 4.79 Å². The third-order valence-electron chi connectivity index (χ3n) is 3.99. The van der Waals surface area contributed by atoms with Crippen molar-refractivity contribution in [1.29, 1.82) is 0 Å². The number of carbonyl (C=O) groups is 1. The SMILES string of the molecule is CC1CNCCC1NC(=O)CCCc1ccc(Cl)c(Cl)c1.Cl. The van der Waals surface area contributed by atoms with E-state index < -0.39 is 0 Å². The van der Waals surface area contributed by atoms with Gasteiger partial charge in [-0.05, 0) is 56.0 Å². The minimum Gasteiger partial charge on any atom is -0.353 e. The van der Waals surface area contributed by atoms with Gasteiger partial charge in [-0.1, -0.05) is 36.2 Å². The van der Waals surface area contributed by atoms with E-state index in [2.05, 4.69) is 17.6 Å². The van der Waals surface area contributed by atoms with Crippen LogP contribution in [0.2, 0.25) is 10.0 Å². The number of nitrogens with one attached hydrogen (secondary N) is 2. The Morgan fingerprint density at radius 1 is 1.36 bits per heavy atom. The Hall–Kier alpha value is -0.480. The van der Waals surface area contributed by atoms with Crippen LogP contribution in [0.4, 0.5) is 0 Å². The molecule has 2 N–H and O–H groups in total. The smallest absolute Gasteiger partial charge is 0.220 e. The predicted molar refractivity (Wildman–Crippen MR) is 95.2 cm³/mol. The number of amides is 1. The Morgan fingerprint density at radius 3 is 2.82 bits per heavy atom. The van der Waals surface area contributed by atoms with Gasteiger partial charge in [-0.15, -0.1) is 12.4 Å². The summed E-state index contributed by atoms with van der Waals surface area (Å²) >= 11 is 11.9. The molecule has 0 spiro atoms. The molecule has 124 valence electrons. The van der Waals surface area contributed by atoms with Crippen molar-refractivity contribution < 1.29 is 4.79 Å². The standard InChI is InChI=1S/C16H22Cl2N2O.ClH/c1-11-10-19-8-7-15(11)20-16(21)4-2-3-12-5-6-13(17)14(18)9-12;/h5-6,9,11,15,19H,2-4,7-8,10H2,1H3,(H,20,21);1H. The van der Waals surface area contributed by atoms with Crippen LogP contribution in [0.25, 0.3) is 0 Å². The molecule has 2 unspecified atom stereocenters. The Balaban J connectivity index is 0.00000242. The molecule has 1 aliphatic heterocycles. The van der Waals surface area contributed by atoms with E-state index in [4.69, 9.17) is 23.2 Å². The van der Waals surface area contributed by atoms with Gasteiger partial charge in [-0.2, -0.15) is 0 Å². The van der Waals surface area contributed by atoms with Gasteiger partial charge in [0, 0.05) is 12.5 Å². The van der Waals surface area contributed by atoms with Gasteiger partial charge in [-0.3, -0.25) is 4.79 Å². The molecule has 1 aromatic carbocycles. The summed E-state index contributed by atoms with van der Waals surface area (Å²) in [4.78, 5) is 12.0. The van der Waals surface area contributed by atoms with Gasteiger partial charge >= 0.3 is 0 Å². The summed E-state index contributed by atoms with van der Waals surface area (Å²) in [6.07, 6.45) is 3.23. The van der Waals surface area contributed by atoms with Gasteiger partial charge in [0.1, 0.15) is 0 Å². The van der Waals surface area contributed by atoms with E-state index in [0.717, 1.165) is 37.9 Å². The molecule has 0 aliphatic carbocycles. The molecule has 3 nitrogen and oxygen atoms in total. The molecule has 22 heavy (non-hydrogen) atoms. The molecule has 1 fully saturated rings. The molecule has 6 heteroatoms. The molecule has 0 aromatic heterocycles. The number of hydrogen-bond donors (Lipinski definition) is 2. The zero-order valence-electron chi connectivity index (χ0n) is 12.7. The number of aryl methyl sites for hydroxylation is 1. The molecule has 0 radical (unpaired) electrons. The van der Waals surface area contributed by atoms with Crippen molar-refractivity contribution in [3.05, 3.63) is 33.8 Å². The first kappa shape index (κ1) is 19.6. The van der Waals surface area contributed by atoms with Crippen molar-refractivity contribution in [2.24, 2.45) is 5.92 Å². The van der Waals surface area contributed by atoms with Gasteiger partial charge < -0.3 is 10.6 Å². The maximum Gasteiger partial charge on any atom is 0.220 e. The van der Waals surface area contributed by atoms with E-state index in [1.54, 1.807) is 6.07 Å². The number of piperidine rings is 1. The molecule has 2 rings (SSSR count). The number of hydrogen-bond acceptors (Lipinski definition) is 2. The topological polar surface area (TPSA) is 41.1 Å². The number of carbonyl (C=O) groups excluding carboxylic acids is 1. The van der Waals surface area contributed by atoms with E-state index in [1.807, 2.05) is 12.1 Å². The monoisotopic (exact) mass is 364 g/mol. The summed E-state index contributed by atoms with van der Waals surface area (Å²) in [5, 5.41) is 7.63. The average Bonchev–Trinajstić information content (AvgIpc) is 2.45. The maximum atomic E-state index is 12.0.